The van der Waals surface area contributed by atoms with Crippen molar-refractivity contribution in [2.75, 3.05) is 26.4 Å². The molecule has 0 aromatic rings. The van der Waals surface area contributed by atoms with Crippen molar-refractivity contribution in [2.45, 2.75) is 58.8 Å². The molecule has 0 aromatic heterocycles. The molecule has 0 aliphatic heterocycles. The van der Waals surface area contributed by atoms with Crippen molar-refractivity contribution in [3.8, 4) is 0 Å². The van der Waals surface area contributed by atoms with Gasteiger partial charge in [-0.25, -0.2) is 0 Å². The zero-order chi connectivity index (χ0) is 19.8. The van der Waals surface area contributed by atoms with Crippen LogP contribution in [0.4, 0.5) is 0 Å². The van der Waals surface area contributed by atoms with Crippen molar-refractivity contribution in [3.63, 3.8) is 0 Å². The lowest BCUT2D eigenvalue weighted by atomic mass is 10.2. The standard InChI is InChI=1S/C17H29NO8/c1-13(12-25-15(3)21)26-17(7-11-23-14(2)20)24-10-5-4-6-16(22)18-8-9-19/h9,13,17H,4-8,10-12H2,1-3H3,(H,18,22). The lowest BCUT2D eigenvalue weighted by molar-refractivity contribution is -0.189. The number of rotatable bonds is 15. The largest absolute Gasteiger partial charge is 0.466 e. The summed E-state index contributed by atoms with van der Waals surface area (Å²) >= 11 is 0. The average Bonchev–Trinajstić information content (AvgIpc) is 2.57. The molecule has 0 saturated carbocycles. The number of carbonyl (C=O) groups is 4. The average molecular weight is 375 g/mol. The zero-order valence-electron chi connectivity index (χ0n) is 15.7. The quantitative estimate of drug-likeness (QED) is 0.193. The van der Waals surface area contributed by atoms with Crippen LogP contribution in [-0.4, -0.2) is 62.9 Å². The second-order valence-electron chi connectivity index (χ2n) is 5.61. The fourth-order valence-electron chi connectivity index (χ4n) is 1.87. The van der Waals surface area contributed by atoms with Gasteiger partial charge in [-0.05, 0) is 19.8 Å². The molecule has 150 valence electrons. The topological polar surface area (TPSA) is 117 Å². The Hall–Kier alpha value is -2.00. The van der Waals surface area contributed by atoms with Crippen molar-refractivity contribution < 1.29 is 38.1 Å². The highest BCUT2D eigenvalue weighted by Gasteiger charge is 2.16. The molecule has 0 bridgehead atoms. The summed E-state index contributed by atoms with van der Waals surface area (Å²) < 4.78 is 21.0. The van der Waals surface area contributed by atoms with E-state index in [1.807, 2.05) is 0 Å². The third kappa shape index (κ3) is 15.5. The van der Waals surface area contributed by atoms with Crippen LogP contribution < -0.4 is 5.32 Å². The van der Waals surface area contributed by atoms with Gasteiger partial charge in [0.25, 0.3) is 0 Å². The van der Waals surface area contributed by atoms with Crippen LogP contribution in [0.3, 0.4) is 0 Å². The van der Waals surface area contributed by atoms with Crippen LogP contribution in [0.5, 0.6) is 0 Å². The number of aldehydes is 1. The molecule has 9 heteroatoms. The molecular formula is C17H29NO8. The van der Waals surface area contributed by atoms with Crippen molar-refractivity contribution in [3.05, 3.63) is 0 Å². The first kappa shape index (κ1) is 24.0. The Morgan fingerprint density at radius 2 is 1.73 bits per heavy atom. The first-order valence-corrected chi connectivity index (χ1v) is 8.59. The van der Waals surface area contributed by atoms with Gasteiger partial charge in [0.15, 0.2) is 6.29 Å². The van der Waals surface area contributed by atoms with Crippen LogP contribution in [0.15, 0.2) is 0 Å². The van der Waals surface area contributed by atoms with Crippen molar-refractivity contribution in [1.82, 2.24) is 5.32 Å². The second kappa shape index (κ2) is 15.3. The Morgan fingerprint density at radius 1 is 1.04 bits per heavy atom. The smallest absolute Gasteiger partial charge is 0.302 e. The lowest BCUT2D eigenvalue weighted by Crippen LogP contribution is -2.28. The van der Waals surface area contributed by atoms with Crippen molar-refractivity contribution in [1.29, 1.82) is 0 Å². The Morgan fingerprint density at radius 3 is 2.35 bits per heavy atom. The minimum Gasteiger partial charge on any atom is -0.466 e. The number of carbonyl (C=O) groups excluding carboxylic acids is 4. The van der Waals surface area contributed by atoms with E-state index in [1.54, 1.807) is 6.92 Å². The number of hydrogen-bond acceptors (Lipinski definition) is 8. The molecule has 0 heterocycles. The summed E-state index contributed by atoms with van der Waals surface area (Å²) in [5, 5.41) is 2.46. The minimum atomic E-state index is -0.621. The Bertz CT molecular complexity index is 440. The SMILES string of the molecule is CC(=O)OCCC(OCCCCC(=O)NCC=O)OC(C)COC(C)=O. The molecule has 0 saturated heterocycles. The third-order valence-corrected chi connectivity index (χ3v) is 3.05. The summed E-state index contributed by atoms with van der Waals surface area (Å²) in [6.07, 6.45) is 1.50. The van der Waals surface area contributed by atoms with Gasteiger partial charge in [-0.15, -0.1) is 0 Å². The van der Waals surface area contributed by atoms with Crippen molar-refractivity contribution >= 4 is 24.1 Å². The predicted octanol–water partition coefficient (Wildman–Crippen LogP) is 0.736. The molecule has 0 spiro atoms. The molecule has 0 aliphatic rings. The second-order valence-corrected chi connectivity index (χ2v) is 5.61. The molecule has 1 N–H and O–H groups in total. The maximum atomic E-state index is 11.4. The minimum absolute atomic E-state index is 0.0155. The first-order valence-electron chi connectivity index (χ1n) is 8.59. The van der Waals surface area contributed by atoms with Crippen LogP contribution in [0.25, 0.3) is 0 Å². The lowest BCUT2D eigenvalue weighted by Gasteiger charge is -2.22. The van der Waals surface area contributed by atoms with Gasteiger partial charge >= 0.3 is 11.9 Å². The van der Waals surface area contributed by atoms with E-state index in [1.165, 1.54) is 13.8 Å². The van der Waals surface area contributed by atoms with Gasteiger partial charge in [0.1, 0.15) is 12.9 Å². The van der Waals surface area contributed by atoms with Crippen LogP contribution in [-0.2, 0) is 38.1 Å². The first-order chi connectivity index (χ1) is 12.3. The van der Waals surface area contributed by atoms with Gasteiger partial charge < -0.3 is 29.1 Å². The molecule has 2 atom stereocenters. The maximum absolute atomic E-state index is 11.4. The van der Waals surface area contributed by atoms with E-state index in [0.717, 1.165) is 0 Å². The Kier molecular flexibility index (Phi) is 14.1. The van der Waals surface area contributed by atoms with Gasteiger partial charge in [0.05, 0.1) is 19.3 Å². The molecule has 1 amide bonds. The summed E-state index contributed by atoms with van der Waals surface area (Å²) in [6.45, 7) is 4.98. The molecule has 0 fully saturated rings. The summed E-state index contributed by atoms with van der Waals surface area (Å²) in [4.78, 5) is 43.2. The molecular weight excluding hydrogens is 346 g/mol. The van der Waals surface area contributed by atoms with Crippen LogP contribution in [0.2, 0.25) is 0 Å². The van der Waals surface area contributed by atoms with Gasteiger partial charge in [-0.1, -0.05) is 0 Å². The highest BCUT2D eigenvalue weighted by Crippen LogP contribution is 2.08. The number of hydrogen-bond donors (Lipinski definition) is 1. The van der Waals surface area contributed by atoms with Crippen LogP contribution >= 0.6 is 0 Å². The maximum Gasteiger partial charge on any atom is 0.302 e. The summed E-state index contributed by atoms with van der Waals surface area (Å²) in [6, 6.07) is 0. The molecule has 0 aromatic carbocycles. The third-order valence-electron chi connectivity index (χ3n) is 3.05. The fourth-order valence-corrected chi connectivity index (χ4v) is 1.87. The Labute approximate surface area is 153 Å². The summed E-state index contributed by atoms with van der Waals surface area (Å²) in [7, 11) is 0. The highest BCUT2D eigenvalue weighted by atomic mass is 16.7. The number of ether oxygens (including phenoxy) is 4. The van der Waals surface area contributed by atoms with E-state index in [0.29, 0.717) is 38.6 Å². The van der Waals surface area contributed by atoms with E-state index in [2.05, 4.69) is 5.32 Å². The van der Waals surface area contributed by atoms with E-state index < -0.39 is 18.2 Å². The van der Waals surface area contributed by atoms with Crippen LogP contribution in [0, 0.1) is 0 Å². The summed E-state index contributed by atoms with van der Waals surface area (Å²) in [5.41, 5.74) is 0. The predicted molar refractivity (Wildman–Crippen MR) is 91.1 cm³/mol. The molecule has 9 nitrogen and oxygen atoms in total. The van der Waals surface area contributed by atoms with E-state index >= 15 is 0 Å². The number of nitrogens with one attached hydrogen (secondary N) is 1. The van der Waals surface area contributed by atoms with E-state index in [4.69, 9.17) is 18.9 Å². The van der Waals surface area contributed by atoms with E-state index in [9.17, 15) is 19.2 Å². The summed E-state index contributed by atoms with van der Waals surface area (Å²) in [5.74, 6) is -0.974. The van der Waals surface area contributed by atoms with Gasteiger partial charge in [-0.2, -0.15) is 0 Å². The van der Waals surface area contributed by atoms with Gasteiger partial charge in [0.2, 0.25) is 5.91 Å². The number of amides is 1. The molecule has 0 rings (SSSR count). The zero-order valence-corrected chi connectivity index (χ0v) is 15.7. The molecule has 0 radical (unpaired) electrons. The highest BCUT2D eigenvalue weighted by molar-refractivity contribution is 5.78. The van der Waals surface area contributed by atoms with Crippen LogP contribution in [0.1, 0.15) is 46.5 Å². The van der Waals surface area contributed by atoms with Gasteiger partial charge in [0, 0.05) is 33.3 Å². The fraction of sp³-hybridized carbons (Fsp3) is 0.765. The normalized spacial score (nSPS) is 12.7. The van der Waals surface area contributed by atoms with Crippen molar-refractivity contribution in [2.24, 2.45) is 0 Å². The molecule has 26 heavy (non-hydrogen) atoms. The number of esters is 2. The van der Waals surface area contributed by atoms with E-state index in [-0.39, 0.29) is 31.8 Å². The Balaban J connectivity index is 4.13. The monoisotopic (exact) mass is 375 g/mol. The molecule has 2 unspecified atom stereocenters. The number of unbranched alkanes of at least 4 members (excludes halogenated alkanes) is 1. The molecule has 0 aliphatic carbocycles. The van der Waals surface area contributed by atoms with Gasteiger partial charge in [-0.3, -0.25) is 14.4 Å².